The third kappa shape index (κ3) is 6.85. The number of halogens is 1. The van der Waals surface area contributed by atoms with Gasteiger partial charge in [-0.3, -0.25) is 9.88 Å². The van der Waals surface area contributed by atoms with E-state index in [0.717, 1.165) is 11.4 Å². The van der Waals surface area contributed by atoms with E-state index in [-0.39, 0.29) is 0 Å². The predicted molar refractivity (Wildman–Crippen MR) is 76.2 cm³/mol. The minimum atomic E-state index is 0.560. The van der Waals surface area contributed by atoms with Crippen LogP contribution in [-0.4, -0.2) is 34.8 Å². The van der Waals surface area contributed by atoms with Crippen LogP contribution in [0.25, 0.3) is 5.43 Å². The first kappa shape index (κ1) is 16.7. The minimum absolute atomic E-state index is 0.560. The Balaban J connectivity index is 0.00000121. The molecule has 0 unspecified atom stereocenters. The Morgan fingerprint density at radius 1 is 1.47 bits per heavy atom. The quantitative estimate of drug-likeness (QED) is 0.201. The molecule has 0 bridgehead atoms. The van der Waals surface area contributed by atoms with Gasteiger partial charge in [-0.2, -0.15) is 0 Å². The van der Waals surface area contributed by atoms with Gasteiger partial charge in [0.15, 0.2) is 17.3 Å². The number of hydrogen-bond acceptors (Lipinski definition) is 2. The maximum atomic E-state index is 4.16. The van der Waals surface area contributed by atoms with Gasteiger partial charge in [-0.25, -0.2) is 0 Å². The standard InChI is InChI=1S/C10H14N4S.BrH.Cu/c1-8(9-6-4-5-7-11-9)12-13-10(15)14(2)3;;/h4-7H,1-3H3,(H,11,13,15);1H;/q;;+1/p-1. The van der Waals surface area contributed by atoms with Gasteiger partial charge in [0, 0.05) is 11.9 Å². The van der Waals surface area contributed by atoms with Crippen molar-refractivity contribution < 1.29 is 14.2 Å². The topological polar surface area (TPSA) is 42.6 Å². The SMILES string of the molecule is CC(=N[N-]C(=[SH+])N(C)C)c1ccccn1.[Cu][Br]. The molecule has 0 N–H and O–H groups in total. The van der Waals surface area contributed by atoms with Crippen LogP contribution in [0.5, 0.6) is 0 Å². The van der Waals surface area contributed by atoms with Crippen molar-refractivity contribution in [2.45, 2.75) is 6.92 Å². The molecule has 17 heavy (non-hydrogen) atoms. The van der Waals surface area contributed by atoms with Crippen molar-refractivity contribution in [1.29, 1.82) is 0 Å². The number of thiol groups is 1. The van der Waals surface area contributed by atoms with E-state index in [1.165, 1.54) is 0 Å². The molecule has 4 nitrogen and oxygen atoms in total. The molecule has 1 heterocycles. The first-order valence-corrected chi connectivity index (χ1v) is 7.40. The fraction of sp³-hybridized carbons (Fsp3) is 0.300. The zero-order valence-corrected chi connectivity index (χ0v) is 13.1. The van der Waals surface area contributed by atoms with Gasteiger partial charge in [0.25, 0.3) is 0 Å². The van der Waals surface area contributed by atoms with Crippen LogP contribution < -0.4 is 0 Å². The summed E-state index contributed by atoms with van der Waals surface area (Å²) in [6.45, 7) is 1.86. The van der Waals surface area contributed by atoms with Crippen molar-refractivity contribution >= 4 is 37.2 Å². The van der Waals surface area contributed by atoms with Crippen LogP contribution in [0, 0.1) is 0 Å². The van der Waals surface area contributed by atoms with Crippen molar-refractivity contribution in [3.8, 4) is 0 Å². The molecule has 0 saturated carbocycles. The summed E-state index contributed by atoms with van der Waals surface area (Å²) in [4.78, 5) is 5.94. The molecule has 0 saturated heterocycles. The van der Waals surface area contributed by atoms with E-state index in [2.05, 4.69) is 56.0 Å². The van der Waals surface area contributed by atoms with E-state index in [1.54, 1.807) is 11.1 Å². The van der Waals surface area contributed by atoms with E-state index < -0.39 is 0 Å². The average molecular weight is 366 g/mol. The number of rotatable bonds is 2. The molecular weight excluding hydrogens is 352 g/mol. The van der Waals surface area contributed by atoms with Gasteiger partial charge < -0.3 is 10.5 Å². The Morgan fingerprint density at radius 3 is 2.59 bits per heavy atom. The van der Waals surface area contributed by atoms with E-state index in [1.807, 2.05) is 39.2 Å². The molecule has 0 aliphatic rings. The van der Waals surface area contributed by atoms with E-state index >= 15 is 0 Å². The summed E-state index contributed by atoms with van der Waals surface area (Å²) in [6.07, 6.45) is 1.73. The molecule has 0 fully saturated rings. The monoisotopic (exact) mass is 364 g/mol. The maximum absolute atomic E-state index is 4.16. The summed E-state index contributed by atoms with van der Waals surface area (Å²) in [5.74, 6) is 0. The van der Waals surface area contributed by atoms with Crippen molar-refractivity contribution in [3.05, 3.63) is 35.5 Å². The van der Waals surface area contributed by atoms with Gasteiger partial charge in [-0.05, 0) is 33.2 Å². The molecule has 0 amide bonds. The van der Waals surface area contributed by atoms with Gasteiger partial charge >= 0.3 is 28.3 Å². The van der Waals surface area contributed by atoms with Crippen LogP contribution in [0.1, 0.15) is 12.6 Å². The Hall–Kier alpha value is -0.331. The van der Waals surface area contributed by atoms with Crippen LogP contribution in [0.2, 0.25) is 0 Å². The third-order valence-corrected chi connectivity index (χ3v) is 2.21. The molecule has 7 heteroatoms. The summed E-state index contributed by atoms with van der Waals surface area (Å²) in [5, 5.41) is 4.60. The third-order valence-electron chi connectivity index (χ3n) is 1.73. The number of nitrogens with zero attached hydrogens (tertiary/aromatic N) is 4. The summed E-state index contributed by atoms with van der Waals surface area (Å²) in [7, 11) is 3.72. The molecule has 1 aromatic rings. The van der Waals surface area contributed by atoms with Crippen LogP contribution in [0.4, 0.5) is 0 Å². The number of pyridine rings is 1. The Bertz CT molecular complexity index is 370. The van der Waals surface area contributed by atoms with Gasteiger partial charge in [0.05, 0.1) is 5.69 Å². The number of hydrogen-bond donors (Lipinski definition) is 0. The first-order valence-electron chi connectivity index (χ1n) is 4.62. The van der Waals surface area contributed by atoms with Crippen LogP contribution in [0.15, 0.2) is 29.5 Å². The summed E-state index contributed by atoms with van der Waals surface area (Å²) < 4.78 is 0. The summed E-state index contributed by atoms with van der Waals surface area (Å²) in [6, 6.07) is 5.67. The fourth-order valence-electron chi connectivity index (χ4n) is 0.837. The number of aromatic nitrogens is 1. The van der Waals surface area contributed by atoms with E-state index in [9.17, 15) is 0 Å². The molecule has 0 aliphatic carbocycles. The molecule has 0 aromatic carbocycles. The second-order valence-electron chi connectivity index (χ2n) is 3.19. The van der Waals surface area contributed by atoms with Gasteiger partial charge in [-0.15, -0.1) is 0 Å². The second-order valence-corrected chi connectivity index (χ2v) is 3.59. The molecule has 0 atom stereocenters. The van der Waals surface area contributed by atoms with Crippen LogP contribution >= 0.6 is 14.1 Å². The molecule has 98 valence electrons. The average Bonchev–Trinajstić information content (AvgIpc) is 2.38. The Morgan fingerprint density at radius 2 is 2.12 bits per heavy atom. The second kappa shape index (κ2) is 9.67. The molecule has 0 aliphatic heterocycles. The summed E-state index contributed by atoms with van der Waals surface area (Å²) in [5.41, 5.74) is 5.54. The van der Waals surface area contributed by atoms with Gasteiger partial charge in [0.1, 0.15) is 0 Å². The predicted octanol–water partition coefficient (Wildman–Crippen LogP) is 1.95. The molecule has 1 aromatic heterocycles. The fourth-order valence-corrected chi connectivity index (χ4v) is 0.882. The van der Waals surface area contributed by atoms with E-state index in [0.29, 0.717) is 5.11 Å². The Kier molecular flexibility index (Phi) is 9.49. The van der Waals surface area contributed by atoms with Crippen molar-refractivity contribution in [1.82, 2.24) is 9.88 Å². The van der Waals surface area contributed by atoms with Crippen LogP contribution in [-0.2, 0) is 26.4 Å². The van der Waals surface area contributed by atoms with Gasteiger partial charge in [-0.1, -0.05) is 6.07 Å². The molecule has 0 radical (unpaired) electrons. The zero-order chi connectivity index (χ0) is 13.3. The zero-order valence-electron chi connectivity index (χ0n) is 9.72. The van der Waals surface area contributed by atoms with Gasteiger partial charge in [0.2, 0.25) is 0 Å². The van der Waals surface area contributed by atoms with Crippen molar-refractivity contribution in [3.63, 3.8) is 0 Å². The van der Waals surface area contributed by atoms with Crippen LogP contribution in [0.3, 0.4) is 0 Å². The van der Waals surface area contributed by atoms with Crippen molar-refractivity contribution in [2.75, 3.05) is 14.1 Å². The molecule has 1 rings (SSSR count). The van der Waals surface area contributed by atoms with E-state index in [4.69, 9.17) is 0 Å². The molecular formula is C10H14BrCuN4S. The Labute approximate surface area is 122 Å². The normalized spacial score (nSPS) is 10.6. The summed E-state index contributed by atoms with van der Waals surface area (Å²) >= 11 is 10.7. The van der Waals surface area contributed by atoms with Crippen molar-refractivity contribution in [2.24, 2.45) is 5.10 Å². The molecule has 0 spiro atoms. The first-order chi connectivity index (χ1) is 8.11.